The van der Waals surface area contributed by atoms with E-state index in [1.54, 1.807) is 6.26 Å². The summed E-state index contributed by atoms with van der Waals surface area (Å²) in [5.41, 5.74) is 1.82. The lowest BCUT2D eigenvalue weighted by atomic mass is 10.1. The topological polar surface area (TPSA) is 26.3 Å². The molecule has 23 heavy (non-hydrogen) atoms. The van der Waals surface area contributed by atoms with Crippen LogP contribution in [-0.4, -0.2) is 13.9 Å². The normalized spacial score (nSPS) is 14.0. The molecular formula is C20H30O2Si. The van der Waals surface area contributed by atoms with E-state index in [1.165, 1.54) is 6.04 Å². The Balaban J connectivity index is 2.77. The molecule has 2 nitrogen and oxygen atoms in total. The first-order chi connectivity index (χ1) is 10.8. The highest BCUT2D eigenvalue weighted by Gasteiger charge is 2.12. The second-order valence-corrected chi connectivity index (χ2v) is 12.6. The Morgan fingerprint density at radius 3 is 2.39 bits per heavy atom. The molecule has 0 radical (unpaired) electrons. The van der Waals surface area contributed by atoms with Crippen LogP contribution < -0.4 is 0 Å². The third-order valence-corrected chi connectivity index (χ3v) is 5.05. The van der Waals surface area contributed by atoms with Gasteiger partial charge < -0.3 is 4.74 Å². The molecule has 0 spiro atoms. The van der Waals surface area contributed by atoms with Crippen LogP contribution in [-0.2, 0) is 9.53 Å². The number of ether oxygens (including phenoxy) is 1. The number of benzene rings is 1. The maximum atomic E-state index is 11.7. The highest BCUT2D eigenvalue weighted by Crippen LogP contribution is 2.23. The lowest BCUT2D eigenvalue weighted by molar-refractivity contribution is -0.115. The zero-order chi connectivity index (χ0) is 17.3. The highest BCUT2D eigenvalue weighted by atomic mass is 28.3. The summed E-state index contributed by atoms with van der Waals surface area (Å²) in [5.74, 6) is 0.131. The smallest absolute Gasteiger partial charge is 0.161 e. The standard InChI is InChI=1S/C20H30O2Si/c1-6-19(21)17(2)16-22-20(18-12-8-7-9-13-18)14-10-11-15-23(3,4)5/h7-13,16,20H,6,14-15H2,1-5H3/b11-10-,17-16+. The van der Waals surface area contributed by atoms with Crippen LogP contribution in [0.4, 0.5) is 0 Å². The average molecular weight is 331 g/mol. The van der Waals surface area contributed by atoms with Crippen molar-refractivity contribution < 1.29 is 9.53 Å². The van der Waals surface area contributed by atoms with Gasteiger partial charge in [0.2, 0.25) is 0 Å². The third kappa shape index (κ3) is 7.98. The van der Waals surface area contributed by atoms with Crippen molar-refractivity contribution in [1.82, 2.24) is 0 Å². The van der Waals surface area contributed by atoms with Gasteiger partial charge in [0.1, 0.15) is 6.10 Å². The van der Waals surface area contributed by atoms with Crippen molar-refractivity contribution >= 4 is 13.9 Å². The van der Waals surface area contributed by atoms with Gasteiger partial charge >= 0.3 is 0 Å². The van der Waals surface area contributed by atoms with E-state index in [0.717, 1.165) is 12.0 Å². The van der Waals surface area contributed by atoms with Gasteiger partial charge in [0, 0.05) is 26.5 Å². The summed E-state index contributed by atoms with van der Waals surface area (Å²) in [4.78, 5) is 11.7. The number of carbonyl (C=O) groups is 1. The van der Waals surface area contributed by atoms with Crippen LogP contribution in [0.25, 0.3) is 0 Å². The van der Waals surface area contributed by atoms with Crippen molar-refractivity contribution in [2.24, 2.45) is 0 Å². The first-order valence-electron chi connectivity index (χ1n) is 8.39. The molecule has 1 aromatic carbocycles. The number of hydrogen-bond donors (Lipinski definition) is 0. The van der Waals surface area contributed by atoms with E-state index in [-0.39, 0.29) is 11.9 Å². The maximum absolute atomic E-state index is 11.7. The molecule has 3 heteroatoms. The third-order valence-electron chi connectivity index (χ3n) is 3.59. The molecule has 0 fully saturated rings. The van der Waals surface area contributed by atoms with Crippen LogP contribution in [0, 0.1) is 0 Å². The van der Waals surface area contributed by atoms with Crippen molar-refractivity contribution in [3.63, 3.8) is 0 Å². The quantitative estimate of drug-likeness (QED) is 0.243. The van der Waals surface area contributed by atoms with Gasteiger partial charge in [0.25, 0.3) is 0 Å². The minimum absolute atomic E-state index is 0.0475. The van der Waals surface area contributed by atoms with Gasteiger partial charge in [-0.05, 0) is 18.5 Å². The summed E-state index contributed by atoms with van der Waals surface area (Å²) in [7, 11) is -1.05. The number of allylic oxidation sites excluding steroid dienone is 2. The summed E-state index contributed by atoms with van der Waals surface area (Å²) in [6, 6.07) is 11.4. The maximum Gasteiger partial charge on any atom is 0.161 e. The molecule has 0 aliphatic rings. The molecule has 1 atom stereocenters. The summed E-state index contributed by atoms with van der Waals surface area (Å²) >= 11 is 0. The fraction of sp³-hybridized carbons (Fsp3) is 0.450. The molecule has 0 N–H and O–H groups in total. The minimum atomic E-state index is -1.05. The lowest BCUT2D eigenvalue weighted by Gasteiger charge is -2.17. The van der Waals surface area contributed by atoms with E-state index in [9.17, 15) is 4.79 Å². The zero-order valence-corrected chi connectivity index (χ0v) is 16.1. The summed E-state index contributed by atoms with van der Waals surface area (Å²) < 4.78 is 5.92. The number of hydrogen-bond acceptors (Lipinski definition) is 2. The van der Waals surface area contributed by atoms with Gasteiger partial charge in [-0.3, -0.25) is 4.79 Å². The Morgan fingerprint density at radius 1 is 1.17 bits per heavy atom. The number of Topliss-reactive ketones (excluding diaryl/α,β-unsaturated/α-hetero) is 1. The molecule has 0 aliphatic heterocycles. The molecule has 1 rings (SSSR count). The van der Waals surface area contributed by atoms with E-state index in [0.29, 0.717) is 12.0 Å². The molecule has 1 aromatic rings. The zero-order valence-electron chi connectivity index (χ0n) is 15.1. The molecule has 0 heterocycles. The van der Waals surface area contributed by atoms with Crippen LogP contribution in [0.3, 0.4) is 0 Å². The van der Waals surface area contributed by atoms with E-state index >= 15 is 0 Å². The molecule has 0 bridgehead atoms. The van der Waals surface area contributed by atoms with E-state index in [1.807, 2.05) is 32.0 Å². The fourth-order valence-electron chi connectivity index (χ4n) is 2.12. The van der Waals surface area contributed by atoms with Gasteiger partial charge in [-0.2, -0.15) is 0 Å². The summed E-state index contributed by atoms with van der Waals surface area (Å²) in [6.07, 6.45) is 7.39. The fourth-order valence-corrected chi connectivity index (χ4v) is 3.00. The second-order valence-electron chi connectivity index (χ2n) is 7.08. The average Bonchev–Trinajstić information content (AvgIpc) is 2.52. The molecule has 0 aromatic heterocycles. The minimum Gasteiger partial charge on any atom is -0.493 e. The van der Waals surface area contributed by atoms with Crippen molar-refractivity contribution in [3.05, 3.63) is 59.9 Å². The van der Waals surface area contributed by atoms with Gasteiger partial charge in [0.05, 0.1) is 6.26 Å². The molecule has 0 saturated heterocycles. The second kappa shape index (κ2) is 9.51. The predicted octanol–water partition coefficient (Wildman–Crippen LogP) is 5.91. The molecule has 126 valence electrons. The van der Waals surface area contributed by atoms with Crippen molar-refractivity contribution in [1.29, 1.82) is 0 Å². The van der Waals surface area contributed by atoms with E-state index < -0.39 is 8.07 Å². The molecule has 0 amide bonds. The molecule has 1 unspecified atom stereocenters. The van der Waals surface area contributed by atoms with Crippen LogP contribution in [0.1, 0.15) is 38.4 Å². The largest absolute Gasteiger partial charge is 0.493 e. The molecule has 0 aliphatic carbocycles. The molecular weight excluding hydrogens is 300 g/mol. The van der Waals surface area contributed by atoms with Crippen LogP contribution in [0.5, 0.6) is 0 Å². The Bertz CT molecular complexity index is 539. The van der Waals surface area contributed by atoms with Crippen LogP contribution in [0.15, 0.2) is 54.3 Å². The van der Waals surface area contributed by atoms with Gasteiger partial charge in [-0.25, -0.2) is 0 Å². The van der Waals surface area contributed by atoms with Crippen molar-refractivity contribution in [3.8, 4) is 0 Å². The molecule has 0 saturated carbocycles. The Morgan fingerprint density at radius 2 is 1.83 bits per heavy atom. The van der Waals surface area contributed by atoms with Gasteiger partial charge in [-0.15, -0.1) is 0 Å². The van der Waals surface area contributed by atoms with E-state index in [4.69, 9.17) is 4.74 Å². The van der Waals surface area contributed by atoms with Crippen LogP contribution in [0.2, 0.25) is 25.7 Å². The van der Waals surface area contributed by atoms with E-state index in [2.05, 4.69) is 43.9 Å². The van der Waals surface area contributed by atoms with Gasteiger partial charge in [0.15, 0.2) is 5.78 Å². The first-order valence-corrected chi connectivity index (χ1v) is 12.1. The Labute approximate surface area is 142 Å². The number of ketones is 1. The van der Waals surface area contributed by atoms with Crippen molar-refractivity contribution in [2.45, 2.75) is 58.5 Å². The highest BCUT2D eigenvalue weighted by molar-refractivity contribution is 6.76. The first kappa shape index (κ1) is 19.4. The Kier molecular flexibility index (Phi) is 8.03. The monoisotopic (exact) mass is 330 g/mol. The van der Waals surface area contributed by atoms with Crippen molar-refractivity contribution in [2.75, 3.05) is 0 Å². The number of rotatable bonds is 9. The van der Waals surface area contributed by atoms with Gasteiger partial charge in [-0.1, -0.05) is 69.0 Å². The number of carbonyl (C=O) groups excluding carboxylic acids is 1. The summed E-state index contributed by atoms with van der Waals surface area (Å²) in [5, 5.41) is 0. The Hall–Kier alpha value is -1.61. The predicted molar refractivity (Wildman–Crippen MR) is 101 cm³/mol. The SMILES string of the molecule is CCC(=O)/C(C)=C/OC(C/C=C\C[Si](C)(C)C)c1ccccc1. The summed E-state index contributed by atoms with van der Waals surface area (Å²) in [6.45, 7) is 10.8. The lowest BCUT2D eigenvalue weighted by Crippen LogP contribution is -2.17. The van der Waals surface area contributed by atoms with Crippen LogP contribution >= 0.6 is 0 Å².